The number of carbonyl (C=O) groups excluding carboxylic acids is 1. The molecule has 44 heavy (non-hydrogen) atoms. The van der Waals surface area contributed by atoms with Crippen molar-refractivity contribution in [3.05, 3.63) is 101 Å². The molecule has 0 aliphatic carbocycles. The first-order chi connectivity index (χ1) is 21.3. The minimum absolute atomic E-state index is 0.0834. The summed E-state index contributed by atoms with van der Waals surface area (Å²) in [5, 5.41) is 11.2. The molecule has 0 fully saturated rings. The molecule has 2 aliphatic rings. The quantitative estimate of drug-likeness (QED) is 0.151. The van der Waals surface area contributed by atoms with Crippen LogP contribution in [0.4, 0.5) is 5.69 Å². The van der Waals surface area contributed by atoms with Gasteiger partial charge in [-0.05, 0) is 49.2 Å². The zero-order chi connectivity index (χ0) is 31.0. The number of fused-ring (bicyclic) bond motifs is 2. The maximum absolute atomic E-state index is 14.0. The van der Waals surface area contributed by atoms with Gasteiger partial charge in [-0.1, -0.05) is 30.7 Å². The number of methoxy groups -OCH3 is 1. The molecule has 0 saturated heterocycles. The Hall–Kier alpha value is -5.17. The summed E-state index contributed by atoms with van der Waals surface area (Å²) in [6.45, 7) is 3.97. The number of allylic oxidation sites excluding steroid dienone is 1. The molecule has 0 amide bonds. The summed E-state index contributed by atoms with van der Waals surface area (Å²) in [5.41, 5.74) is 1.56. The molecule has 2 aliphatic heterocycles. The summed E-state index contributed by atoms with van der Waals surface area (Å²) >= 11 is 1.18. The van der Waals surface area contributed by atoms with Crippen LogP contribution in [0.25, 0.3) is 17.4 Å². The van der Waals surface area contributed by atoms with E-state index in [0.717, 1.165) is 6.42 Å². The number of nitro groups is 1. The molecule has 0 saturated carbocycles. The van der Waals surface area contributed by atoms with E-state index in [1.54, 1.807) is 49.4 Å². The van der Waals surface area contributed by atoms with Gasteiger partial charge in [-0.15, -0.1) is 0 Å². The van der Waals surface area contributed by atoms with Crippen molar-refractivity contribution in [3.63, 3.8) is 0 Å². The fourth-order valence-electron chi connectivity index (χ4n) is 5.22. The van der Waals surface area contributed by atoms with E-state index in [0.29, 0.717) is 61.2 Å². The molecule has 1 atom stereocenters. The maximum atomic E-state index is 14.0. The number of aromatic nitrogens is 1. The Morgan fingerprint density at radius 3 is 2.73 bits per heavy atom. The van der Waals surface area contributed by atoms with Crippen molar-refractivity contribution in [2.75, 3.05) is 20.5 Å². The largest absolute Gasteiger partial charge is 0.496 e. The van der Waals surface area contributed by atoms with E-state index in [1.165, 1.54) is 35.1 Å². The average molecular weight is 618 g/mol. The minimum Gasteiger partial charge on any atom is -0.496 e. The SMILES string of the molecule is CCCC1=C(C(=O)OCC)C(c2ccc3c(c2)OCO3)n2c(s/c(=C\c3ccc(-c4ccc([N+](=O)[O-])cc4OC)o3)c2=O)=N1. The second-order valence-corrected chi connectivity index (χ2v) is 10.9. The molecule has 6 rings (SSSR count). The lowest BCUT2D eigenvalue weighted by molar-refractivity contribution is -0.384. The number of hydrogen-bond donors (Lipinski definition) is 0. The van der Waals surface area contributed by atoms with Crippen LogP contribution in [0, 0.1) is 10.1 Å². The van der Waals surface area contributed by atoms with Crippen molar-refractivity contribution in [1.82, 2.24) is 4.57 Å². The summed E-state index contributed by atoms with van der Waals surface area (Å²) in [7, 11) is 1.42. The zero-order valence-corrected chi connectivity index (χ0v) is 24.8. The van der Waals surface area contributed by atoms with E-state index in [9.17, 15) is 19.7 Å². The van der Waals surface area contributed by atoms with E-state index in [1.807, 2.05) is 6.92 Å². The van der Waals surface area contributed by atoms with Crippen molar-refractivity contribution in [2.45, 2.75) is 32.7 Å². The van der Waals surface area contributed by atoms with Gasteiger partial charge in [0.25, 0.3) is 11.2 Å². The van der Waals surface area contributed by atoms with Gasteiger partial charge in [-0.2, -0.15) is 0 Å². The van der Waals surface area contributed by atoms with Crippen LogP contribution >= 0.6 is 11.3 Å². The highest BCUT2D eigenvalue weighted by Crippen LogP contribution is 2.39. The van der Waals surface area contributed by atoms with Gasteiger partial charge in [-0.3, -0.25) is 19.5 Å². The summed E-state index contributed by atoms with van der Waals surface area (Å²) in [5.74, 6) is 1.62. The second kappa shape index (κ2) is 11.8. The molecule has 13 heteroatoms. The number of ether oxygens (including phenoxy) is 4. The van der Waals surface area contributed by atoms with Gasteiger partial charge in [0, 0.05) is 12.1 Å². The monoisotopic (exact) mass is 617 g/mol. The number of hydrogen-bond acceptors (Lipinski definition) is 11. The third-order valence-corrected chi connectivity index (χ3v) is 8.15. The molecule has 0 radical (unpaired) electrons. The van der Waals surface area contributed by atoms with Gasteiger partial charge >= 0.3 is 5.97 Å². The third-order valence-electron chi connectivity index (χ3n) is 7.17. The highest BCUT2D eigenvalue weighted by Gasteiger charge is 2.35. The first-order valence-electron chi connectivity index (χ1n) is 13.9. The first kappa shape index (κ1) is 28.9. The third kappa shape index (κ3) is 5.15. The molecule has 4 heterocycles. The molecule has 4 aromatic rings. The van der Waals surface area contributed by atoms with E-state index in [2.05, 4.69) is 0 Å². The summed E-state index contributed by atoms with van der Waals surface area (Å²) < 4.78 is 29.7. The predicted molar refractivity (Wildman–Crippen MR) is 160 cm³/mol. The fourth-order valence-corrected chi connectivity index (χ4v) is 6.22. The number of furan rings is 1. The summed E-state index contributed by atoms with van der Waals surface area (Å²) in [6.07, 6.45) is 2.85. The highest BCUT2D eigenvalue weighted by atomic mass is 32.1. The number of carbonyl (C=O) groups is 1. The summed E-state index contributed by atoms with van der Waals surface area (Å²) in [4.78, 5) is 43.3. The van der Waals surface area contributed by atoms with Crippen LogP contribution in [0.3, 0.4) is 0 Å². The number of thiazole rings is 1. The highest BCUT2D eigenvalue weighted by molar-refractivity contribution is 7.07. The lowest BCUT2D eigenvalue weighted by Gasteiger charge is -2.25. The number of rotatable bonds is 9. The molecule has 2 aromatic heterocycles. The van der Waals surface area contributed by atoms with Crippen LogP contribution in [-0.4, -0.2) is 36.0 Å². The molecule has 2 aromatic carbocycles. The van der Waals surface area contributed by atoms with Crippen LogP contribution in [0.5, 0.6) is 17.2 Å². The number of non-ortho nitro benzene ring substituents is 1. The predicted octanol–water partition coefficient (Wildman–Crippen LogP) is 4.48. The molecular weight excluding hydrogens is 590 g/mol. The fraction of sp³-hybridized carbons (Fsp3) is 0.258. The maximum Gasteiger partial charge on any atom is 0.338 e. The lowest BCUT2D eigenvalue weighted by Crippen LogP contribution is -2.40. The summed E-state index contributed by atoms with van der Waals surface area (Å²) in [6, 6.07) is 12.1. The van der Waals surface area contributed by atoms with E-state index in [4.69, 9.17) is 28.4 Å². The Balaban J connectivity index is 1.48. The van der Waals surface area contributed by atoms with Crippen molar-refractivity contribution in [1.29, 1.82) is 0 Å². The van der Waals surface area contributed by atoms with E-state index >= 15 is 0 Å². The van der Waals surface area contributed by atoms with Crippen LogP contribution in [0.1, 0.15) is 44.1 Å². The molecule has 12 nitrogen and oxygen atoms in total. The number of esters is 1. The Labute approximate surface area is 254 Å². The standard InChI is InChI=1S/C31H27N3O9S/c1-4-6-21-27(30(36)40-5-2)28(17-7-11-23-25(13-17)42-16-41-23)33-29(35)26(44-31(33)32-21)15-19-9-12-22(43-19)20-10-8-18(34(37)38)14-24(20)39-3/h7-15,28H,4-6,16H2,1-3H3/b26-15-. The van der Waals surface area contributed by atoms with Gasteiger partial charge < -0.3 is 23.4 Å². The Kier molecular flexibility index (Phi) is 7.78. The first-order valence-corrected chi connectivity index (χ1v) is 14.7. The number of benzene rings is 2. The van der Waals surface area contributed by atoms with E-state index < -0.39 is 16.9 Å². The van der Waals surface area contributed by atoms with Crippen molar-refractivity contribution in [2.24, 2.45) is 4.99 Å². The van der Waals surface area contributed by atoms with Crippen LogP contribution < -0.4 is 29.1 Å². The van der Waals surface area contributed by atoms with E-state index in [-0.39, 0.29) is 30.4 Å². The topological polar surface area (TPSA) is 145 Å². The number of nitro benzene ring substituents is 1. The molecular formula is C31H27N3O9S. The van der Waals surface area contributed by atoms with Crippen LogP contribution in [-0.2, 0) is 9.53 Å². The normalized spacial score (nSPS) is 15.6. The minimum atomic E-state index is -0.806. The zero-order valence-electron chi connectivity index (χ0n) is 24.0. The smallest absolute Gasteiger partial charge is 0.338 e. The molecule has 226 valence electrons. The van der Waals surface area contributed by atoms with Crippen molar-refractivity contribution >= 4 is 29.1 Å². The van der Waals surface area contributed by atoms with Gasteiger partial charge in [0.1, 0.15) is 17.3 Å². The molecule has 0 bridgehead atoms. The van der Waals surface area contributed by atoms with Crippen molar-refractivity contribution < 1.29 is 33.1 Å². The molecule has 0 spiro atoms. The van der Waals surface area contributed by atoms with Gasteiger partial charge in [0.15, 0.2) is 16.3 Å². The van der Waals surface area contributed by atoms with Gasteiger partial charge in [0.05, 0.1) is 52.1 Å². The van der Waals surface area contributed by atoms with Gasteiger partial charge in [-0.25, -0.2) is 9.79 Å². The molecule has 0 N–H and O–H groups in total. The van der Waals surface area contributed by atoms with Crippen LogP contribution in [0.2, 0.25) is 0 Å². The Bertz CT molecular complexity index is 2000. The lowest BCUT2D eigenvalue weighted by atomic mass is 9.94. The Morgan fingerprint density at radius 2 is 1.98 bits per heavy atom. The Morgan fingerprint density at radius 1 is 1.16 bits per heavy atom. The van der Waals surface area contributed by atoms with Crippen molar-refractivity contribution in [3.8, 4) is 28.6 Å². The van der Waals surface area contributed by atoms with Crippen LogP contribution in [0.15, 0.2) is 74.0 Å². The average Bonchev–Trinajstić information content (AvgIpc) is 3.75. The van der Waals surface area contributed by atoms with Gasteiger partial charge in [0.2, 0.25) is 6.79 Å². The second-order valence-electron chi connectivity index (χ2n) is 9.87. The molecule has 1 unspecified atom stereocenters. The number of nitrogens with zero attached hydrogens (tertiary/aromatic N) is 3.